The van der Waals surface area contributed by atoms with Gasteiger partial charge in [-0.1, -0.05) is 196 Å². The van der Waals surface area contributed by atoms with Crippen molar-refractivity contribution in [3.63, 3.8) is 0 Å². The van der Waals surface area contributed by atoms with Gasteiger partial charge >= 0.3 is 0 Å². The number of nitrogens with zero attached hydrogens (tertiary/aromatic N) is 2. The average Bonchev–Trinajstić information content (AvgIpc) is 3.73. The fraction of sp³-hybridized carbons (Fsp3) is 0.0847. The molecule has 0 N–H and O–H groups in total. The van der Waals surface area contributed by atoms with Crippen molar-refractivity contribution in [1.29, 1.82) is 0 Å². The maximum absolute atomic E-state index is 5.47. The van der Waals surface area contributed by atoms with Crippen molar-refractivity contribution in [1.82, 2.24) is 9.97 Å². The number of hydrogen-bond donors (Lipinski definition) is 0. The van der Waals surface area contributed by atoms with Crippen LogP contribution in [0.2, 0.25) is 0 Å². The molecule has 0 saturated carbocycles. The molecule has 9 aromatic carbocycles. The van der Waals surface area contributed by atoms with Crippen LogP contribution in [0.3, 0.4) is 0 Å². The highest BCUT2D eigenvalue weighted by Gasteiger charge is 2.41. The molecule has 61 heavy (non-hydrogen) atoms. The SMILES string of the molecule is CC1(C)c2ccc3ccccc3c2-c2cccc(-c3ccc(-c4nc(-c5ccccc5)cc(-c5ccc6c(c5)C(C)(c5ccccc5)c5ccccc5-6)n4)c4ccccc34)c21. The molecule has 12 rings (SSSR count). The Bertz CT molecular complexity index is 3400. The first-order valence-corrected chi connectivity index (χ1v) is 21.3. The summed E-state index contributed by atoms with van der Waals surface area (Å²) in [4.78, 5) is 10.8. The maximum atomic E-state index is 5.47. The Balaban J connectivity index is 1.04. The van der Waals surface area contributed by atoms with Gasteiger partial charge in [-0.25, -0.2) is 9.97 Å². The van der Waals surface area contributed by atoms with Gasteiger partial charge in [0.1, 0.15) is 0 Å². The molecule has 0 radical (unpaired) electrons. The van der Waals surface area contributed by atoms with Gasteiger partial charge in [0, 0.05) is 27.5 Å². The average molecular weight is 779 g/mol. The van der Waals surface area contributed by atoms with E-state index >= 15 is 0 Å². The van der Waals surface area contributed by atoms with E-state index in [2.05, 4.69) is 221 Å². The number of fused-ring (bicyclic) bond motifs is 9. The second-order valence-electron chi connectivity index (χ2n) is 17.4. The van der Waals surface area contributed by atoms with Crippen LogP contribution < -0.4 is 0 Å². The lowest BCUT2D eigenvalue weighted by molar-refractivity contribution is 0.662. The molecule has 0 bridgehead atoms. The van der Waals surface area contributed by atoms with Crippen LogP contribution in [0.5, 0.6) is 0 Å². The Morgan fingerprint density at radius 2 is 0.951 bits per heavy atom. The van der Waals surface area contributed by atoms with Gasteiger partial charge in [-0.2, -0.15) is 0 Å². The first-order chi connectivity index (χ1) is 29.9. The molecule has 10 aromatic rings. The fourth-order valence-electron chi connectivity index (χ4n) is 10.8. The van der Waals surface area contributed by atoms with Crippen molar-refractivity contribution in [2.75, 3.05) is 0 Å². The van der Waals surface area contributed by atoms with Crippen LogP contribution in [-0.4, -0.2) is 9.97 Å². The molecule has 0 spiro atoms. The second kappa shape index (κ2) is 13.3. The zero-order valence-electron chi connectivity index (χ0n) is 34.4. The third-order valence-electron chi connectivity index (χ3n) is 13.8. The Morgan fingerprint density at radius 1 is 0.361 bits per heavy atom. The van der Waals surface area contributed by atoms with E-state index < -0.39 is 0 Å². The molecule has 0 aliphatic heterocycles. The lowest BCUT2D eigenvalue weighted by atomic mass is 9.74. The molecule has 1 unspecified atom stereocenters. The van der Waals surface area contributed by atoms with Crippen LogP contribution in [0, 0.1) is 0 Å². The number of rotatable bonds is 5. The molecule has 0 saturated heterocycles. The molecule has 1 aromatic heterocycles. The van der Waals surface area contributed by atoms with Gasteiger partial charge in [-0.15, -0.1) is 0 Å². The molecule has 1 heterocycles. The summed E-state index contributed by atoms with van der Waals surface area (Å²) in [5.41, 5.74) is 18.9. The first kappa shape index (κ1) is 35.5. The Labute approximate surface area is 356 Å². The standard InChI is InChI=1S/C59H42N2/c1-58(2)51-34-30-37-17-10-11-22-41(37)55(51)49-27-16-26-47(56(49)58)44-32-33-48(43-24-13-12-23-42(43)44)57-60-53(38-18-6-4-7-19-38)36-54(61-57)39-29-31-46-45-25-14-15-28-50(45)59(3,52(46)35-39)40-20-8-5-9-21-40/h4-36H,1-3H3. The summed E-state index contributed by atoms with van der Waals surface area (Å²) in [5.74, 6) is 0.714. The zero-order valence-corrected chi connectivity index (χ0v) is 34.4. The van der Waals surface area contributed by atoms with E-state index in [4.69, 9.17) is 9.97 Å². The van der Waals surface area contributed by atoms with Gasteiger partial charge < -0.3 is 0 Å². The van der Waals surface area contributed by atoms with E-state index in [-0.39, 0.29) is 10.8 Å². The molecule has 0 amide bonds. The highest BCUT2D eigenvalue weighted by molar-refractivity contribution is 6.08. The molecule has 1 atom stereocenters. The number of benzene rings is 9. The lowest BCUT2D eigenvalue weighted by Crippen LogP contribution is -2.22. The summed E-state index contributed by atoms with van der Waals surface area (Å²) in [7, 11) is 0. The van der Waals surface area contributed by atoms with Gasteiger partial charge in [0.25, 0.3) is 0 Å². The fourth-order valence-corrected chi connectivity index (χ4v) is 10.8. The first-order valence-electron chi connectivity index (χ1n) is 21.3. The van der Waals surface area contributed by atoms with Crippen molar-refractivity contribution >= 4 is 21.5 Å². The van der Waals surface area contributed by atoms with Crippen molar-refractivity contribution < 1.29 is 0 Å². The molecule has 288 valence electrons. The topological polar surface area (TPSA) is 25.8 Å². The van der Waals surface area contributed by atoms with Crippen LogP contribution in [0.25, 0.3) is 88.8 Å². The van der Waals surface area contributed by atoms with Crippen molar-refractivity contribution in [3.05, 3.63) is 228 Å². The summed E-state index contributed by atoms with van der Waals surface area (Å²) in [6.45, 7) is 7.14. The van der Waals surface area contributed by atoms with Crippen LogP contribution >= 0.6 is 0 Å². The zero-order chi connectivity index (χ0) is 40.9. The maximum Gasteiger partial charge on any atom is 0.161 e. The molecular formula is C59H42N2. The van der Waals surface area contributed by atoms with Gasteiger partial charge in [0.2, 0.25) is 0 Å². The van der Waals surface area contributed by atoms with Crippen LogP contribution in [0.4, 0.5) is 0 Å². The molecule has 2 aliphatic rings. The third kappa shape index (κ3) is 5.22. The van der Waals surface area contributed by atoms with E-state index in [9.17, 15) is 0 Å². The molecule has 0 fully saturated rings. The Hall–Kier alpha value is -7.42. The highest BCUT2D eigenvalue weighted by atomic mass is 14.9. The van der Waals surface area contributed by atoms with Crippen molar-refractivity contribution in [3.8, 4) is 67.3 Å². The van der Waals surface area contributed by atoms with Crippen LogP contribution in [0.15, 0.2) is 200 Å². The molecule has 2 nitrogen and oxygen atoms in total. The van der Waals surface area contributed by atoms with Gasteiger partial charge in [0.05, 0.1) is 11.4 Å². The predicted molar refractivity (Wildman–Crippen MR) is 254 cm³/mol. The summed E-state index contributed by atoms with van der Waals surface area (Å²) in [5, 5.41) is 4.91. The van der Waals surface area contributed by atoms with E-state index in [0.29, 0.717) is 5.82 Å². The normalized spacial score (nSPS) is 15.7. The van der Waals surface area contributed by atoms with E-state index in [1.54, 1.807) is 0 Å². The smallest absolute Gasteiger partial charge is 0.161 e. The van der Waals surface area contributed by atoms with Crippen LogP contribution in [-0.2, 0) is 10.8 Å². The van der Waals surface area contributed by atoms with Gasteiger partial charge in [0.15, 0.2) is 5.82 Å². The van der Waals surface area contributed by atoms with Gasteiger partial charge in [-0.3, -0.25) is 0 Å². The minimum absolute atomic E-state index is 0.180. The lowest BCUT2D eigenvalue weighted by Gasteiger charge is -2.28. The molecular weight excluding hydrogens is 737 g/mol. The van der Waals surface area contributed by atoms with E-state index in [1.807, 2.05) is 0 Å². The monoisotopic (exact) mass is 778 g/mol. The Kier molecular flexibility index (Phi) is 7.74. The van der Waals surface area contributed by atoms with E-state index in [1.165, 1.54) is 77.4 Å². The quantitative estimate of drug-likeness (QED) is 0.174. The second-order valence-corrected chi connectivity index (χ2v) is 17.4. The largest absolute Gasteiger partial charge is 0.228 e. The van der Waals surface area contributed by atoms with Crippen molar-refractivity contribution in [2.24, 2.45) is 0 Å². The molecule has 2 heteroatoms. The summed E-state index contributed by atoms with van der Waals surface area (Å²) in [6.07, 6.45) is 0. The van der Waals surface area contributed by atoms with Gasteiger partial charge in [-0.05, 0) is 108 Å². The summed E-state index contributed by atoms with van der Waals surface area (Å²) >= 11 is 0. The Morgan fingerprint density at radius 3 is 1.75 bits per heavy atom. The minimum atomic E-state index is -0.312. The third-order valence-corrected chi connectivity index (χ3v) is 13.8. The van der Waals surface area contributed by atoms with Crippen LogP contribution in [0.1, 0.15) is 48.6 Å². The predicted octanol–water partition coefficient (Wildman–Crippen LogP) is 15.1. The molecule has 2 aliphatic carbocycles. The number of hydrogen-bond acceptors (Lipinski definition) is 2. The summed E-state index contributed by atoms with van der Waals surface area (Å²) in [6, 6.07) is 73.0. The van der Waals surface area contributed by atoms with Crippen molar-refractivity contribution in [2.45, 2.75) is 31.6 Å². The summed E-state index contributed by atoms with van der Waals surface area (Å²) < 4.78 is 0. The number of aromatic nitrogens is 2. The van der Waals surface area contributed by atoms with E-state index in [0.717, 1.165) is 33.5 Å². The minimum Gasteiger partial charge on any atom is -0.228 e. The highest BCUT2D eigenvalue weighted by Crippen LogP contribution is 2.56.